The second-order valence-corrected chi connectivity index (χ2v) is 7.49. The third-order valence-electron chi connectivity index (χ3n) is 5.38. The van der Waals surface area contributed by atoms with E-state index in [1.165, 1.54) is 17.7 Å². The summed E-state index contributed by atoms with van der Waals surface area (Å²) in [7, 11) is 2.09. The van der Waals surface area contributed by atoms with Crippen LogP contribution in [0.3, 0.4) is 0 Å². The van der Waals surface area contributed by atoms with Crippen molar-refractivity contribution in [3.05, 3.63) is 66.0 Å². The van der Waals surface area contributed by atoms with Crippen molar-refractivity contribution in [1.29, 1.82) is 0 Å². The summed E-state index contributed by atoms with van der Waals surface area (Å²) in [5, 5.41) is 0. The molecule has 2 aromatic carbocycles. The number of benzene rings is 2. The van der Waals surface area contributed by atoms with E-state index in [1.54, 1.807) is 12.1 Å². The van der Waals surface area contributed by atoms with Crippen LogP contribution in [0.25, 0.3) is 0 Å². The standard InChI is InChI=1S/C23H30FN3O/c1-25(14-5-8-20-6-3-2-4-7-20)15-13-23(28)27-18-16-26(17-19-27)22-11-9-21(24)10-12-22/h2-4,6-7,9-12H,5,8,13-19H2,1H3. The molecule has 0 spiro atoms. The average Bonchev–Trinajstić information content (AvgIpc) is 2.73. The van der Waals surface area contributed by atoms with Gasteiger partial charge in [0.2, 0.25) is 5.91 Å². The van der Waals surface area contributed by atoms with Gasteiger partial charge in [-0.2, -0.15) is 0 Å². The lowest BCUT2D eigenvalue weighted by Gasteiger charge is -2.36. The second-order valence-electron chi connectivity index (χ2n) is 7.49. The summed E-state index contributed by atoms with van der Waals surface area (Å²) in [6, 6.07) is 17.1. The number of piperazine rings is 1. The third-order valence-corrected chi connectivity index (χ3v) is 5.38. The van der Waals surface area contributed by atoms with E-state index in [9.17, 15) is 9.18 Å². The molecule has 1 heterocycles. The Morgan fingerprint density at radius 2 is 1.64 bits per heavy atom. The molecule has 1 fully saturated rings. The average molecular weight is 384 g/mol. The zero-order valence-corrected chi connectivity index (χ0v) is 16.7. The van der Waals surface area contributed by atoms with Gasteiger partial charge in [-0.1, -0.05) is 30.3 Å². The fourth-order valence-corrected chi connectivity index (χ4v) is 3.62. The molecule has 0 radical (unpaired) electrons. The molecule has 0 saturated carbocycles. The van der Waals surface area contributed by atoms with Crippen LogP contribution in [-0.4, -0.2) is 62.0 Å². The minimum Gasteiger partial charge on any atom is -0.368 e. The Balaban J connectivity index is 1.33. The summed E-state index contributed by atoms with van der Waals surface area (Å²) in [5.74, 6) is 0.0131. The number of hydrogen-bond donors (Lipinski definition) is 0. The van der Waals surface area contributed by atoms with Gasteiger partial charge >= 0.3 is 0 Å². The number of anilines is 1. The van der Waals surface area contributed by atoms with E-state index in [0.717, 1.165) is 57.8 Å². The molecule has 2 aromatic rings. The van der Waals surface area contributed by atoms with E-state index in [1.807, 2.05) is 11.0 Å². The summed E-state index contributed by atoms with van der Waals surface area (Å²) < 4.78 is 13.1. The molecular formula is C23H30FN3O. The Morgan fingerprint density at radius 1 is 0.964 bits per heavy atom. The molecule has 4 nitrogen and oxygen atoms in total. The Labute approximate surface area is 167 Å². The van der Waals surface area contributed by atoms with Crippen molar-refractivity contribution in [3.8, 4) is 0 Å². The smallest absolute Gasteiger partial charge is 0.223 e. The number of carbonyl (C=O) groups is 1. The number of amides is 1. The Hall–Kier alpha value is -2.40. The van der Waals surface area contributed by atoms with Gasteiger partial charge in [0.15, 0.2) is 0 Å². The van der Waals surface area contributed by atoms with Crippen LogP contribution in [0, 0.1) is 5.82 Å². The summed E-state index contributed by atoms with van der Waals surface area (Å²) in [5.41, 5.74) is 2.39. The van der Waals surface area contributed by atoms with Crippen LogP contribution in [0.4, 0.5) is 10.1 Å². The monoisotopic (exact) mass is 383 g/mol. The van der Waals surface area contributed by atoms with Crippen molar-refractivity contribution in [3.63, 3.8) is 0 Å². The highest BCUT2D eigenvalue weighted by Gasteiger charge is 2.21. The SMILES string of the molecule is CN(CCCc1ccccc1)CCC(=O)N1CCN(c2ccc(F)cc2)CC1. The molecule has 1 aliphatic heterocycles. The Morgan fingerprint density at radius 3 is 2.32 bits per heavy atom. The minimum atomic E-state index is -0.217. The van der Waals surface area contributed by atoms with E-state index < -0.39 is 0 Å². The van der Waals surface area contributed by atoms with Crippen LogP contribution in [0.15, 0.2) is 54.6 Å². The summed E-state index contributed by atoms with van der Waals surface area (Å²) >= 11 is 0. The maximum absolute atomic E-state index is 13.1. The van der Waals surface area contributed by atoms with Gasteiger partial charge in [-0.05, 0) is 56.3 Å². The third kappa shape index (κ3) is 6.06. The van der Waals surface area contributed by atoms with Gasteiger partial charge in [0.1, 0.15) is 5.82 Å². The molecule has 1 amide bonds. The van der Waals surface area contributed by atoms with Crippen molar-refractivity contribution in [2.45, 2.75) is 19.3 Å². The lowest BCUT2D eigenvalue weighted by molar-refractivity contribution is -0.131. The Kier molecular flexibility index (Phi) is 7.43. The molecule has 0 aromatic heterocycles. The molecule has 0 aliphatic carbocycles. The van der Waals surface area contributed by atoms with E-state index in [0.29, 0.717) is 6.42 Å². The number of rotatable bonds is 8. The largest absolute Gasteiger partial charge is 0.368 e. The number of nitrogens with zero attached hydrogens (tertiary/aromatic N) is 3. The predicted octanol–water partition coefficient (Wildman–Crippen LogP) is 3.43. The van der Waals surface area contributed by atoms with E-state index in [2.05, 4.69) is 41.1 Å². The zero-order valence-electron chi connectivity index (χ0n) is 16.7. The van der Waals surface area contributed by atoms with Crippen molar-refractivity contribution in [1.82, 2.24) is 9.80 Å². The molecule has 1 aliphatic rings. The molecule has 0 N–H and O–H groups in total. The van der Waals surface area contributed by atoms with Crippen molar-refractivity contribution in [2.75, 3.05) is 51.2 Å². The highest BCUT2D eigenvalue weighted by atomic mass is 19.1. The summed E-state index contributed by atoms with van der Waals surface area (Å²) in [6.45, 7) is 4.85. The van der Waals surface area contributed by atoms with Crippen LogP contribution >= 0.6 is 0 Å². The first-order valence-corrected chi connectivity index (χ1v) is 10.1. The lowest BCUT2D eigenvalue weighted by atomic mass is 10.1. The van der Waals surface area contributed by atoms with E-state index >= 15 is 0 Å². The van der Waals surface area contributed by atoms with Gasteiger partial charge in [-0.25, -0.2) is 4.39 Å². The molecule has 0 bridgehead atoms. The first-order chi connectivity index (χ1) is 13.6. The number of aryl methyl sites for hydroxylation is 1. The van der Waals surface area contributed by atoms with E-state index in [4.69, 9.17) is 0 Å². The first-order valence-electron chi connectivity index (χ1n) is 10.1. The number of carbonyl (C=O) groups excluding carboxylic acids is 1. The second kappa shape index (κ2) is 10.2. The molecule has 3 rings (SSSR count). The van der Waals surface area contributed by atoms with Crippen LogP contribution in [0.1, 0.15) is 18.4 Å². The maximum Gasteiger partial charge on any atom is 0.223 e. The maximum atomic E-state index is 13.1. The molecule has 5 heteroatoms. The van der Waals surface area contributed by atoms with Crippen LogP contribution < -0.4 is 4.90 Å². The van der Waals surface area contributed by atoms with Gasteiger partial charge < -0.3 is 14.7 Å². The highest BCUT2D eigenvalue weighted by Crippen LogP contribution is 2.17. The highest BCUT2D eigenvalue weighted by molar-refractivity contribution is 5.76. The topological polar surface area (TPSA) is 26.8 Å². The van der Waals surface area contributed by atoms with Gasteiger partial charge in [0, 0.05) is 44.8 Å². The normalized spacial score (nSPS) is 14.5. The van der Waals surface area contributed by atoms with Crippen molar-refractivity contribution < 1.29 is 9.18 Å². The Bertz CT molecular complexity index is 727. The van der Waals surface area contributed by atoms with Crippen LogP contribution in [0.5, 0.6) is 0 Å². The molecule has 0 atom stereocenters. The zero-order chi connectivity index (χ0) is 19.8. The summed E-state index contributed by atoms with van der Waals surface area (Å²) in [6.07, 6.45) is 2.74. The fourth-order valence-electron chi connectivity index (χ4n) is 3.62. The summed E-state index contributed by atoms with van der Waals surface area (Å²) in [4.78, 5) is 18.9. The molecule has 28 heavy (non-hydrogen) atoms. The quantitative estimate of drug-likeness (QED) is 0.699. The van der Waals surface area contributed by atoms with Crippen LogP contribution in [-0.2, 0) is 11.2 Å². The fraction of sp³-hybridized carbons (Fsp3) is 0.435. The number of halogens is 1. The van der Waals surface area contributed by atoms with Gasteiger partial charge in [-0.15, -0.1) is 0 Å². The van der Waals surface area contributed by atoms with Gasteiger partial charge in [-0.3, -0.25) is 4.79 Å². The molecule has 150 valence electrons. The van der Waals surface area contributed by atoms with Crippen LogP contribution in [0.2, 0.25) is 0 Å². The lowest BCUT2D eigenvalue weighted by Crippen LogP contribution is -2.49. The molecular weight excluding hydrogens is 353 g/mol. The van der Waals surface area contributed by atoms with E-state index in [-0.39, 0.29) is 11.7 Å². The van der Waals surface area contributed by atoms with Crippen molar-refractivity contribution >= 4 is 11.6 Å². The first kappa shape index (κ1) is 20.3. The number of hydrogen-bond acceptors (Lipinski definition) is 3. The molecule has 0 unspecified atom stereocenters. The minimum absolute atomic E-state index is 0.217. The van der Waals surface area contributed by atoms with Gasteiger partial charge in [0.25, 0.3) is 0 Å². The predicted molar refractivity (Wildman–Crippen MR) is 112 cm³/mol. The molecule has 1 saturated heterocycles. The van der Waals surface area contributed by atoms with Crippen molar-refractivity contribution in [2.24, 2.45) is 0 Å². The van der Waals surface area contributed by atoms with Gasteiger partial charge in [0.05, 0.1) is 0 Å².